The van der Waals surface area contributed by atoms with Gasteiger partial charge in [0.05, 0.1) is 7.11 Å². The van der Waals surface area contributed by atoms with Crippen LogP contribution in [-0.4, -0.2) is 32.2 Å². The Morgan fingerprint density at radius 2 is 2.10 bits per heavy atom. The third-order valence-corrected chi connectivity index (χ3v) is 3.97. The minimum Gasteiger partial charge on any atom is -0.497 e. The number of methoxy groups -OCH3 is 1. The quantitative estimate of drug-likeness (QED) is 0.837. The van der Waals surface area contributed by atoms with Gasteiger partial charge in [-0.05, 0) is 37.4 Å². The van der Waals surface area contributed by atoms with E-state index in [0.717, 1.165) is 19.3 Å². The molecule has 1 amide bonds. The van der Waals surface area contributed by atoms with E-state index in [9.17, 15) is 4.79 Å². The molecular weight excluding hydrogens is 268 g/mol. The maximum absolute atomic E-state index is 12.0. The van der Waals surface area contributed by atoms with Crippen molar-refractivity contribution < 1.29 is 14.3 Å². The Labute approximate surface area is 125 Å². The average Bonchev–Trinajstić information content (AvgIpc) is 2.53. The second-order valence-electron chi connectivity index (χ2n) is 5.42. The van der Waals surface area contributed by atoms with Gasteiger partial charge in [-0.25, -0.2) is 0 Å². The van der Waals surface area contributed by atoms with Gasteiger partial charge in [0.2, 0.25) is 0 Å². The number of amides is 1. The van der Waals surface area contributed by atoms with Crippen LogP contribution < -0.4 is 20.5 Å². The molecule has 3 N–H and O–H groups in total. The molecule has 0 heterocycles. The van der Waals surface area contributed by atoms with Crippen LogP contribution in [0.3, 0.4) is 0 Å². The zero-order valence-corrected chi connectivity index (χ0v) is 12.5. The van der Waals surface area contributed by atoms with Crippen LogP contribution in [0, 0.1) is 5.92 Å². The van der Waals surface area contributed by atoms with Crippen molar-refractivity contribution in [1.29, 1.82) is 0 Å². The first-order valence-corrected chi connectivity index (χ1v) is 7.49. The van der Waals surface area contributed by atoms with Gasteiger partial charge in [-0.2, -0.15) is 0 Å². The Bertz CT molecular complexity index is 465. The third kappa shape index (κ3) is 4.63. The van der Waals surface area contributed by atoms with Crippen molar-refractivity contribution in [2.24, 2.45) is 11.7 Å². The Kier molecular flexibility index (Phi) is 5.87. The second kappa shape index (κ2) is 7.88. The van der Waals surface area contributed by atoms with Crippen LogP contribution in [0.2, 0.25) is 0 Å². The zero-order valence-electron chi connectivity index (χ0n) is 12.5. The highest BCUT2D eigenvalue weighted by Crippen LogP contribution is 2.23. The SMILES string of the molecule is COc1cccc(OCC(=O)NC2CCCCC2CN)c1. The summed E-state index contributed by atoms with van der Waals surface area (Å²) in [7, 11) is 1.60. The van der Waals surface area contributed by atoms with Crippen molar-refractivity contribution in [3.63, 3.8) is 0 Å². The van der Waals surface area contributed by atoms with Crippen molar-refractivity contribution in [3.05, 3.63) is 24.3 Å². The van der Waals surface area contributed by atoms with Gasteiger partial charge in [-0.15, -0.1) is 0 Å². The van der Waals surface area contributed by atoms with Gasteiger partial charge in [0, 0.05) is 12.1 Å². The molecular formula is C16H24N2O3. The summed E-state index contributed by atoms with van der Waals surface area (Å²) in [5.41, 5.74) is 5.77. The molecule has 116 valence electrons. The van der Waals surface area contributed by atoms with Gasteiger partial charge in [0.1, 0.15) is 11.5 Å². The third-order valence-electron chi connectivity index (χ3n) is 3.97. The first kappa shape index (κ1) is 15.6. The average molecular weight is 292 g/mol. The molecule has 21 heavy (non-hydrogen) atoms. The van der Waals surface area contributed by atoms with Crippen LogP contribution in [0.4, 0.5) is 0 Å². The molecule has 1 aliphatic rings. The molecule has 0 saturated heterocycles. The first-order valence-electron chi connectivity index (χ1n) is 7.49. The van der Waals surface area contributed by atoms with Crippen LogP contribution in [0.25, 0.3) is 0 Å². The van der Waals surface area contributed by atoms with E-state index >= 15 is 0 Å². The molecule has 2 unspecified atom stereocenters. The van der Waals surface area contributed by atoms with Crippen LogP contribution in [0.15, 0.2) is 24.3 Å². The van der Waals surface area contributed by atoms with E-state index in [1.54, 1.807) is 19.2 Å². The smallest absolute Gasteiger partial charge is 0.258 e. The van der Waals surface area contributed by atoms with E-state index in [1.807, 2.05) is 12.1 Å². The van der Waals surface area contributed by atoms with E-state index in [4.69, 9.17) is 15.2 Å². The van der Waals surface area contributed by atoms with Gasteiger partial charge in [-0.1, -0.05) is 18.9 Å². The Balaban J connectivity index is 1.81. The van der Waals surface area contributed by atoms with Crippen molar-refractivity contribution in [3.8, 4) is 11.5 Å². The normalized spacial score (nSPS) is 21.6. The van der Waals surface area contributed by atoms with E-state index in [1.165, 1.54) is 6.42 Å². The molecule has 1 aromatic carbocycles. The number of rotatable bonds is 6. The highest BCUT2D eigenvalue weighted by molar-refractivity contribution is 5.77. The Morgan fingerprint density at radius 3 is 2.86 bits per heavy atom. The monoisotopic (exact) mass is 292 g/mol. The lowest BCUT2D eigenvalue weighted by atomic mass is 9.84. The first-order chi connectivity index (χ1) is 10.2. The number of nitrogens with one attached hydrogen (secondary N) is 1. The van der Waals surface area contributed by atoms with Gasteiger partial charge in [0.25, 0.3) is 5.91 Å². The number of nitrogens with two attached hydrogens (primary N) is 1. The summed E-state index contributed by atoms with van der Waals surface area (Å²) in [5, 5.41) is 3.04. The fourth-order valence-electron chi connectivity index (χ4n) is 2.77. The van der Waals surface area contributed by atoms with Crippen LogP contribution in [-0.2, 0) is 4.79 Å². The second-order valence-corrected chi connectivity index (χ2v) is 5.42. The topological polar surface area (TPSA) is 73.6 Å². The number of benzene rings is 1. The van der Waals surface area contributed by atoms with E-state index in [0.29, 0.717) is 24.0 Å². The van der Waals surface area contributed by atoms with Gasteiger partial charge in [-0.3, -0.25) is 4.79 Å². The van der Waals surface area contributed by atoms with E-state index in [2.05, 4.69) is 5.32 Å². The number of carbonyl (C=O) groups is 1. The van der Waals surface area contributed by atoms with Gasteiger partial charge in [0.15, 0.2) is 6.61 Å². The molecule has 5 nitrogen and oxygen atoms in total. The molecule has 5 heteroatoms. The molecule has 0 spiro atoms. The molecule has 0 radical (unpaired) electrons. The number of hydrogen-bond donors (Lipinski definition) is 2. The van der Waals surface area contributed by atoms with E-state index in [-0.39, 0.29) is 18.6 Å². The standard InChI is InChI=1S/C16H24N2O3/c1-20-13-6-4-7-14(9-13)21-11-16(19)18-15-8-3-2-5-12(15)10-17/h4,6-7,9,12,15H,2-3,5,8,10-11,17H2,1H3,(H,18,19). The molecule has 1 aromatic rings. The Morgan fingerprint density at radius 1 is 1.33 bits per heavy atom. The van der Waals surface area contributed by atoms with Crippen molar-refractivity contribution >= 4 is 5.91 Å². The summed E-state index contributed by atoms with van der Waals surface area (Å²) in [6.07, 6.45) is 4.46. The van der Waals surface area contributed by atoms with Crippen molar-refractivity contribution in [2.75, 3.05) is 20.3 Å². The number of carbonyl (C=O) groups excluding carboxylic acids is 1. The Hall–Kier alpha value is -1.75. The largest absolute Gasteiger partial charge is 0.497 e. The van der Waals surface area contributed by atoms with Gasteiger partial charge < -0.3 is 20.5 Å². The highest BCUT2D eigenvalue weighted by Gasteiger charge is 2.25. The van der Waals surface area contributed by atoms with Crippen molar-refractivity contribution in [2.45, 2.75) is 31.7 Å². The summed E-state index contributed by atoms with van der Waals surface area (Å²) in [6.45, 7) is 0.642. The minimum absolute atomic E-state index is 0.0148. The summed E-state index contributed by atoms with van der Waals surface area (Å²) in [5.74, 6) is 1.63. The number of ether oxygens (including phenoxy) is 2. The van der Waals surface area contributed by atoms with Crippen LogP contribution in [0.5, 0.6) is 11.5 Å². The lowest BCUT2D eigenvalue weighted by Crippen LogP contribution is -2.46. The van der Waals surface area contributed by atoms with Crippen LogP contribution in [0.1, 0.15) is 25.7 Å². The molecule has 1 saturated carbocycles. The minimum atomic E-state index is -0.0943. The summed E-state index contributed by atoms with van der Waals surface area (Å²) in [6, 6.07) is 7.42. The summed E-state index contributed by atoms with van der Waals surface area (Å²) in [4.78, 5) is 12.0. The zero-order chi connectivity index (χ0) is 15.1. The lowest BCUT2D eigenvalue weighted by molar-refractivity contribution is -0.124. The molecule has 1 aliphatic carbocycles. The summed E-state index contributed by atoms with van der Waals surface area (Å²) >= 11 is 0. The molecule has 1 fully saturated rings. The van der Waals surface area contributed by atoms with Crippen molar-refractivity contribution in [1.82, 2.24) is 5.32 Å². The molecule has 0 aliphatic heterocycles. The molecule has 2 atom stereocenters. The van der Waals surface area contributed by atoms with E-state index < -0.39 is 0 Å². The molecule has 0 bridgehead atoms. The fourth-order valence-corrected chi connectivity index (χ4v) is 2.77. The maximum atomic E-state index is 12.0. The number of hydrogen-bond acceptors (Lipinski definition) is 4. The summed E-state index contributed by atoms with van der Waals surface area (Å²) < 4.78 is 10.6. The fraction of sp³-hybridized carbons (Fsp3) is 0.562. The predicted octanol–water partition coefficient (Wildman–Crippen LogP) is 1.71. The van der Waals surface area contributed by atoms with Crippen LogP contribution >= 0.6 is 0 Å². The molecule has 0 aromatic heterocycles. The maximum Gasteiger partial charge on any atom is 0.258 e. The highest BCUT2D eigenvalue weighted by atomic mass is 16.5. The van der Waals surface area contributed by atoms with Gasteiger partial charge >= 0.3 is 0 Å². The predicted molar refractivity (Wildman–Crippen MR) is 81.4 cm³/mol. The molecule has 2 rings (SSSR count). The lowest BCUT2D eigenvalue weighted by Gasteiger charge is -2.31.